The molecule has 1 N–H and O–H groups in total. The highest BCUT2D eigenvalue weighted by Gasteiger charge is 2.17. The molecule has 0 unspecified atom stereocenters. The molecule has 0 bridgehead atoms. The molecule has 0 aliphatic carbocycles. The maximum Gasteiger partial charge on any atom is 0.322 e. The molecule has 3 aromatic rings. The standard InChI is InChI=1S/C14H12N4O4/c1-8-7-10(18-22-8)12(19)15-14-17-16-13(21-14)9-5-3-4-6-11(9)20-2/h3-7H,1-2H3,(H,15,17,19). The highest BCUT2D eigenvalue weighted by Crippen LogP contribution is 2.29. The van der Waals surface area contributed by atoms with Gasteiger partial charge in [0.2, 0.25) is 0 Å². The minimum Gasteiger partial charge on any atom is -0.496 e. The second-order valence-electron chi connectivity index (χ2n) is 4.39. The number of amides is 1. The van der Waals surface area contributed by atoms with Crippen molar-refractivity contribution in [3.63, 3.8) is 0 Å². The molecule has 1 aromatic carbocycles. The lowest BCUT2D eigenvalue weighted by Crippen LogP contribution is -2.12. The fourth-order valence-corrected chi connectivity index (χ4v) is 1.84. The molecule has 0 spiro atoms. The fraction of sp³-hybridized carbons (Fsp3) is 0.143. The monoisotopic (exact) mass is 300 g/mol. The molecule has 0 fully saturated rings. The van der Waals surface area contributed by atoms with Crippen molar-refractivity contribution in [2.24, 2.45) is 0 Å². The van der Waals surface area contributed by atoms with Gasteiger partial charge in [0, 0.05) is 6.07 Å². The third kappa shape index (κ3) is 2.66. The first-order chi connectivity index (χ1) is 10.7. The molecule has 8 heteroatoms. The molecule has 0 aliphatic heterocycles. The Morgan fingerprint density at radius 2 is 2.09 bits per heavy atom. The summed E-state index contributed by atoms with van der Waals surface area (Å²) in [5.41, 5.74) is 0.768. The Bertz CT molecular complexity index is 809. The Labute approximate surface area is 125 Å². The van der Waals surface area contributed by atoms with Crippen molar-refractivity contribution in [2.45, 2.75) is 6.92 Å². The van der Waals surface area contributed by atoms with Crippen LogP contribution in [0.3, 0.4) is 0 Å². The van der Waals surface area contributed by atoms with Gasteiger partial charge in [-0.1, -0.05) is 22.4 Å². The summed E-state index contributed by atoms with van der Waals surface area (Å²) in [7, 11) is 1.55. The number of nitrogens with one attached hydrogen (secondary N) is 1. The number of aryl methyl sites for hydroxylation is 1. The molecule has 0 saturated heterocycles. The van der Waals surface area contributed by atoms with Gasteiger partial charge >= 0.3 is 6.01 Å². The molecule has 0 radical (unpaired) electrons. The highest BCUT2D eigenvalue weighted by atomic mass is 16.5. The van der Waals surface area contributed by atoms with E-state index >= 15 is 0 Å². The molecule has 3 rings (SSSR count). The van der Waals surface area contributed by atoms with Gasteiger partial charge in [0.25, 0.3) is 11.8 Å². The van der Waals surface area contributed by atoms with Gasteiger partial charge in [0.05, 0.1) is 12.7 Å². The minimum atomic E-state index is -0.493. The number of carbonyl (C=O) groups excluding carboxylic acids is 1. The molecule has 22 heavy (non-hydrogen) atoms. The van der Waals surface area contributed by atoms with Crippen LogP contribution in [-0.4, -0.2) is 28.4 Å². The lowest BCUT2D eigenvalue weighted by molar-refractivity contribution is 0.101. The quantitative estimate of drug-likeness (QED) is 0.788. The first-order valence-corrected chi connectivity index (χ1v) is 6.39. The first kappa shape index (κ1) is 13.8. The SMILES string of the molecule is COc1ccccc1-c1nnc(NC(=O)c2cc(C)on2)o1. The second kappa shape index (κ2) is 5.68. The summed E-state index contributed by atoms with van der Waals surface area (Å²) in [5.74, 6) is 0.873. The summed E-state index contributed by atoms with van der Waals surface area (Å²) in [4.78, 5) is 11.9. The predicted molar refractivity (Wildman–Crippen MR) is 75.5 cm³/mol. The van der Waals surface area contributed by atoms with Crippen molar-refractivity contribution in [3.05, 3.63) is 41.8 Å². The zero-order chi connectivity index (χ0) is 15.5. The van der Waals surface area contributed by atoms with Crippen molar-refractivity contribution in [1.82, 2.24) is 15.4 Å². The Morgan fingerprint density at radius 3 is 2.82 bits per heavy atom. The van der Waals surface area contributed by atoms with Crippen LogP contribution in [0, 0.1) is 6.92 Å². The highest BCUT2D eigenvalue weighted by molar-refractivity contribution is 6.01. The molecule has 1 amide bonds. The van der Waals surface area contributed by atoms with E-state index in [1.807, 2.05) is 12.1 Å². The van der Waals surface area contributed by atoms with E-state index in [-0.39, 0.29) is 17.6 Å². The predicted octanol–water partition coefficient (Wildman–Crippen LogP) is 2.29. The van der Waals surface area contributed by atoms with E-state index in [2.05, 4.69) is 20.7 Å². The van der Waals surface area contributed by atoms with E-state index in [1.54, 1.807) is 26.2 Å². The number of hydrogen-bond donors (Lipinski definition) is 1. The van der Waals surface area contributed by atoms with Gasteiger partial charge in [-0.3, -0.25) is 10.1 Å². The van der Waals surface area contributed by atoms with Crippen LogP contribution in [0.5, 0.6) is 5.75 Å². The average molecular weight is 300 g/mol. The van der Waals surface area contributed by atoms with Crippen LogP contribution in [-0.2, 0) is 0 Å². The molecule has 8 nitrogen and oxygen atoms in total. The van der Waals surface area contributed by atoms with E-state index in [0.29, 0.717) is 17.1 Å². The van der Waals surface area contributed by atoms with Crippen molar-refractivity contribution < 1.29 is 18.5 Å². The van der Waals surface area contributed by atoms with Crippen molar-refractivity contribution in [2.75, 3.05) is 12.4 Å². The van der Waals surface area contributed by atoms with Gasteiger partial charge in [-0.2, -0.15) is 0 Å². The Morgan fingerprint density at radius 1 is 1.27 bits per heavy atom. The fourth-order valence-electron chi connectivity index (χ4n) is 1.84. The minimum absolute atomic E-state index is 0.0356. The summed E-state index contributed by atoms with van der Waals surface area (Å²) in [6, 6.07) is 8.67. The lowest BCUT2D eigenvalue weighted by Gasteiger charge is -2.03. The number of nitrogens with zero attached hydrogens (tertiary/aromatic N) is 3. The molecule has 112 valence electrons. The van der Waals surface area contributed by atoms with Crippen LogP contribution in [0.4, 0.5) is 6.01 Å². The van der Waals surface area contributed by atoms with E-state index in [4.69, 9.17) is 13.7 Å². The van der Waals surface area contributed by atoms with Crippen LogP contribution in [0.15, 0.2) is 39.3 Å². The van der Waals surface area contributed by atoms with Crippen molar-refractivity contribution in [1.29, 1.82) is 0 Å². The van der Waals surface area contributed by atoms with Crippen molar-refractivity contribution in [3.8, 4) is 17.2 Å². The number of benzene rings is 1. The molecule has 2 aromatic heterocycles. The molecular weight excluding hydrogens is 288 g/mol. The second-order valence-corrected chi connectivity index (χ2v) is 4.39. The largest absolute Gasteiger partial charge is 0.496 e. The average Bonchev–Trinajstić information content (AvgIpc) is 3.16. The van der Waals surface area contributed by atoms with Crippen LogP contribution in [0.2, 0.25) is 0 Å². The molecular formula is C14H12N4O4. The van der Waals surface area contributed by atoms with E-state index in [9.17, 15) is 4.79 Å². The number of anilines is 1. The zero-order valence-corrected chi connectivity index (χ0v) is 11.9. The van der Waals surface area contributed by atoms with Crippen molar-refractivity contribution >= 4 is 11.9 Å². The molecule has 0 atom stereocenters. The van der Waals surface area contributed by atoms with Gasteiger partial charge in [-0.15, -0.1) is 5.10 Å². The van der Waals surface area contributed by atoms with E-state index in [0.717, 1.165) is 0 Å². The summed E-state index contributed by atoms with van der Waals surface area (Å²) in [6.45, 7) is 1.69. The van der Waals surface area contributed by atoms with Gasteiger partial charge in [0.1, 0.15) is 11.5 Å². The maximum atomic E-state index is 11.9. The third-order valence-corrected chi connectivity index (χ3v) is 2.84. The molecule has 0 saturated carbocycles. The smallest absolute Gasteiger partial charge is 0.322 e. The summed E-state index contributed by atoms with van der Waals surface area (Å²) >= 11 is 0. The van der Waals surface area contributed by atoms with Crippen LogP contribution in [0.25, 0.3) is 11.5 Å². The van der Waals surface area contributed by atoms with Crippen LogP contribution < -0.4 is 10.1 Å². The first-order valence-electron chi connectivity index (χ1n) is 6.39. The van der Waals surface area contributed by atoms with E-state index < -0.39 is 5.91 Å². The number of aromatic nitrogens is 3. The zero-order valence-electron chi connectivity index (χ0n) is 11.9. The van der Waals surface area contributed by atoms with Gasteiger partial charge in [0.15, 0.2) is 5.69 Å². The molecule has 0 aliphatic rings. The number of ether oxygens (including phenoxy) is 1. The van der Waals surface area contributed by atoms with Crippen LogP contribution in [0.1, 0.15) is 16.2 Å². The van der Waals surface area contributed by atoms with E-state index in [1.165, 1.54) is 6.07 Å². The Balaban J connectivity index is 1.80. The lowest BCUT2D eigenvalue weighted by atomic mass is 10.2. The molecule has 2 heterocycles. The number of methoxy groups -OCH3 is 1. The number of rotatable bonds is 4. The van der Waals surface area contributed by atoms with Gasteiger partial charge in [-0.05, 0) is 19.1 Å². The normalized spacial score (nSPS) is 10.5. The topological polar surface area (TPSA) is 103 Å². The number of carbonyl (C=O) groups is 1. The van der Waals surface area contributed by atoms with Gasteiger partial charge < -0.3 is 13.7 Å². The summed E-state index contributed by atoms with van der Waals surface area (Å²) in [5, 5.41) is 13.7. The summed E-state index contributed by atoms with van der Waals surface area (Å²) < 4.78 is 15.5. The summed E-state index contributed by atoms with van der Waals surface area (Å²) in [6.07, 6.45) is 0. The number of para-hydroxylation sites is 1. The van der Waals surface area contributed by atoms with Gasteiger partial charge in [-0.25, -0.2) is 0 Å². The third-order valence-electron chi connectivity index (χ3n) is 2.84. The van der Waals surface area contributed by atoms with Crippen LogP contribution >= 0.6 is 0 Å². The number of hydrogen-bond acceptors (Lipinski definition) is 7. The maximum absolute atomic E-state index is 11.9. The Kier molecular flexibility index (Phi) is 3.57. The Hall–Kier alpha value is -3.16.